The molecule has 8 heteroatoms. The molecule has 1 aromatic carbocycles. The summed E-state index contributed by atoms with van der Waals surface area (Å²) in [5.41, 5.74) is 7.49. The molecule has 5 rings (SSSR count). The van der Waals surface area contributed by atoms with Crippen molar-refractivity contribution < 1.29 is 8.42 Å². The molecule has 4 heterocycles. The molecule has 3 aromatic heterocycles. The van der Waals surface area contributed by atoms with E-state index in [1.165, 1.54) is 0 Å². The van der Waals surface area contributed by atoms with Crippen molar-refractivity contribution in [2.45, 2.75) is 25.8 Å². The third-order valence-corrected chi connectivity index (χ3v) is 7.91. The van der Waals surface area contributed by atoms with Crippen molar-refractivity contribution in [2.75, 3.05) is 11.5 Å². The minimum atomic E-state index is -2.91. The third-order valence-electron chi connectivity index (χ3n) is 5.40. The van der Waals surface area contributed by atoms with Crippen LogP contribution in [-0.2, 0) is 9.84 Å². The van der Waals surface area contributed by atoms with E-state index in [2.05, 4.69) is 22.1 Å². The largest absolute Gasteiger partial charge is 0.268 e. The summed E-state index contributed by atoms with van der Waals surface area (Å²) in [6.45, 7) is 1.97. The van der Waals surface area contributed by atoms with Gasteiger partial charge in [-0.05, 0) is 49.6 Å². The van der Waals surface area contributed by atoms with Crippen LogP contribution in [0.2, 0.25) is 0 Å². The fraction of sp³-hybridized carbons (Fsp3) is 0.286. The van der Waals surface area contributed by atoms with Crippen LogP contribution < -0.4 is 0 Å². The molecule has 0 bridgehead atoms. The zero-order chi connectivity index (χ0) is 20.0. The smallest absolute Gasteiger partial charge is 0.150 e. The van der Waals surface area contributed by atoms with E-state index in [9.17, 15) is 8.42 Å². The van der Waals surface area contributed by atoms with Crippen LogP contribution in [0, 0.1) is 6.92 Å². The number of hydrogen-bond donors (Lipinski definition) is 0. The normalized spacial score (nSPS) is 17.0. The van der Waals surface area contributed by atoms with Crippen LogP contribution in [0.5, 0.6) is 0 Å². The number of pyridine rings is 1. The van der Waals surface area contributed by atoms with Crippen LogP contribution in [0.3, 0.4) is 0 Å². The third kappa shape index (κ3) is 3.58. The Kier molecular flexibility index (Phi) is 4.48. The average molecular weight is 425 g/mol. The van der Waals surface area contributed by atoms with E-state index in [-0.39, 0.29) is 17.5 Å². The number of sulfone groups is 1. The summed E-state index contributed by atoms with van der Waals surface area (Å²) in [7, 11) is -2.91. The van der Waals surface area contributed by atoms with Gasteiger partial charge in [0, 0.05) is 17.5 Å². The first-order valence-corrected chi connectivity index (χ1v) is 12.3. The molecule has 0 amide bonds. The average Bonchev–Trinajstić information content (AvgIpc) is 3.34. The Hall–Kier alpha value is -2.58. The first-order chi connectivity index (χ1) is 14.0. The molecule has 6 nitrogen and oxygen atoms in total. The minimum absolute atomic E-state index is 0.0861. The minimum Gasteiger partial charge on any atom is -0.268 e. The first kappa shape index (κ1) is 18.4. The van der Waals surface area contributed by atoms with Gasteiger partial charge in [0.25, 0.3) is 0 Å². The summed E-state index contributed by atoms with van der Waals surface area (Å²) in [6, 6.07) is 12.2. The molecule has 0 unspecified atom stereocenters. The molecule has 29 heavy (non-hydrogen) atoms. The summed E-state index contributed by atoms with van der Waals surface area (Å²) in [5, 5.41) is 4.88. The molecule has 1 aliphatic heterocycles. The topological polar surface area (TPSA) is 77.7 Å². The maximum absolute atomic E-state index is 11.8. The quantitative estimate of drug-likeness (QED) is 0.490. The molecule has 1 aliphatic rings. The highest BCUT2D eigenvalue weighted by atomic mass is 32.2. The highest BCUT2D eigenvalue weighted by Crippen LogP contribution is 2.35. The number of nitrogens with zero attached hydrogens (tertiary/aromatic N) is 4. The van der Waals surface area contributed by atoms with Gasteiger partial charge in [-0.15, -0.1) is 11.3 Å². The van der Waals surface area contributed by atoms with Gasteiger partial charge in [0.15, 0.2) is 0 Å². The molecule has 0 radical (unpaired) electrons. The summed E-state index contributed by atoms with van der Waals surface area (Å²) in [5.74, 6) is 0.440. The monoisotopic (exact) mass is 424 g/mol. The molecule has 0 aliphatic carbocycles. The molecule has 4 aromatic rings. The van der Waals surface area contributed by atoms with Gasteiger partial charge >= 0.3 is 0 Å². The second-order valence-corrected chi connectivity index (χ2v) is 10.6. The van der Waals surface area contributed by atoms with E-state index >= 15 is 0 Å². The van der Waals surface area contributed by atoms with E-state index in [0.29, 0.717) is 12.8 Å². The van der Waals surface area contributed by atoms with Crippen LogP contribution in [0.4, 0.5) is 0 Å². The standard InChI is InChI=1S/C21H20N4O2S2/c1-14-3-2-4-19(23-14)21-17(15-5-6-18-20(11-15)28-13-22-18)12-25(24-21)16-7-9-29(26,27)10-8-16/h2-6,11-13,16H,7-10H2,1H3. The molecular weight excluding hydrogens is 404 g/mol. The van der Waals surface area contributed by atoms with Crippen molar-refractivity contribution >= 4 is 31.4 Å². The molecule has 0 spiro atoms. The Morgan fingerprint density at radius 1 is 1.14 bits per heavy atom. The fourth-order valence-corrected chi connectivity index (χ4v) is 6.00. The zero-order valence-corrected chi connectivity index (χ0v) is 17.6. The lowest BCUT2D eigenvalue weighted by molar-refractivity contribution is 0.414. The number of aromatic nitrogens is 4. The maximum atomic E-state index is 11.8. The summed E-state index contributed by atoms with van der Waals surface area (Å²) in [6.07, 6.45) is 3.24. The van der Waals surface area contributed by atoms with Crippen LogP contribution in [0.1, 0.15) is 24.6 Å². The molecule has 0 atom stereocenters. The predicted molar refractivity (Wildman–Crippen MR) is 116 cm³/mol. The van der Waals surface area contributed by atoms with E-state index in [0.717, 1.165) is 38.4 Å². The van der Waals surface area contributed by atoms with Gasteiger partial charge in [0.2, 0.25) is 0 Å². The van der Waals surface area contributed by atoms with E-state index in [1.807, 2.05) is 47.6 Å². The summed E-state index contributed by atoms with van der Waals surface area (Å²) < 4.78 is 26.7. The second kappa shape index (κ2) is 7.03. The van der Waals surface area contributed by atoms with Crippen LogP contribution >= 0.6 is 11.3 Å². The van der Waals surface area contributed by atoms with E-state index in [4.69, 9.17) is 5.10 Å². The Balaban J connectivity index is 1.62. The van der Waals surface area contributed by atoms with Crippen molar-refractivity contribution in [1.82, 2.24) is 19.7 Å². The van der Waals surface area contributed by atoms with Gasteiger partial charge in [-0.2, -0.15) is 5.10 Å². The van der Waals surface area contributed by atoms with Crippen LogP contribution in [-0.4, -0.2) is 39.7 Å². The summed E-state index contributed by atoms with van der Waals surface area (Å²) in [4.78, 5) is 9.05. The van der Waals surface area contributed by atoms with Crippen LogP contribution in [0.25, 0.3) is 32.7 Å². The van der Waals surface area contributed by atoms with E-state index in [1.54, 1.807) is 11.3 Å². The SMILES string of the molecule is Cc1cccc(-c2nn(C3CCS(=O)(=O)CC3)cc2-c2ccc3ncsc3c2)n1. The Morgan fingerprint density at radius 2 is 1.97 bits per heavy atom. The van der Waals surface area contributed by atoms with Crippen molar-refractivity contribution in [2.24, 2.45) is 0 Å². The number of rotatable bonds is 3. The lowest BCUT2D eigenvalue weighted by Gasteiger charge is -2.22. The predicted octanol–water partition coefficient (Wildman–Crippen LogP) is 4.28. The Morgan fingerprint density at radius 3 is 2.76 bits per heavy atom. The molecule has 0 saturated carbocycles. The summed E-state index contributed by atoms with van der Waals surface area (Å²) >= 11 is 1.61. The van der Waals surface area contributed by atoms with Gasteiger partial charge < -0.3 is 0 Å². The molecule has 1 fully saturated rings. The molecule has 1 saturated heterocycles. The first-order valence-electron chi connectivity index (χ1n) is 9.56. The number of hydrogen-bond acceptors (Lipinski definition) is 6. The Bertz CT molecular complexity index is 1290. The molecular formula is C21H20N4O2S2. The van der Waals surface area contributed by atoms with Gasteiger partial charge in [-0.3, -0.25) is 9.67 Å². The molecule has 0 N–H and O–H groups in total. The lowest BCUT2D eigenvalue weighted by Crippen LogP contribution is -2.25. The maximum Gasteiger partial charge on any atom is 0.150 e. The van der Waals surface area contributed by atoms with Crippen molar-refractivity contribution in [3.63, 3.8) is 0 Å². The van der Waals surface area contributed by atoms with Crippen LogP contribution in [0.15, 0.2) is 48.1 Å². The van der Waals surface area contributed by atoms with Crippen molar-refractivity contribution in [3.05, 3.63) is 53.8 Å². The van der Waals surface area contributed by atoms with Gasteiger partial charge in [-0.25, -0.2) is 13.4 Å². The molecule has 148 valence electrons. The van der Waals surface area contributed by atoms with Gasteiger partial charge in [0.1, 0.15) is 15.5 Å². The van der Waals surface area contributed by atoms with Crippen molar-refractivity contribution in [3.8, 4) is 22.5 Å². The lowest BCUT2D eigenvalue weighted by atomic mass is 10.0. The highest BCUT2D eigenvalue weighted by Gasteiger charge is 2.27. The highest BCUT2D eigenvalue weighted by molar-refractivity contribution is 7.91. The van der Waals surface area contributed by atoms with E-state index < -0.39 is 9.84 Å². The second-order valence-electron chi connectivity index (χ2n) is 7.45. The Labute approximate surface area is 173 Å². The number of fused-ring (bicyclic) bond motifs is 1. The van der Waals surface area contributed by atoms with Gasteiger partial charge in [-0.1, -0.05) is 12.1 Å². The zero-order valence-electron chi connectivity index (χ0n) is 15.9. The van der Waals surface area contributed by atoms with Gasteiger partial charge in [0.05, 0.1) is 39.0 Å². The number of thiazole rings is 1. The fourth-order valence-electron chi connectivity index (χ4n) is 3.82. The number of aryl methyl sites for hydroxylation is 1. The number of benzene rings is 1. The van der Waals surface area contributed by atoms with Crippen molar-refractivity contribution in [1.29, 1.82) is 0 Å².